The highest BCUT2D eigenvalue weighted by atomic mass is 35.5. The molecule has 0 fully saturated rings. The van der Waals surface area contributed by atoms with Crippen LogP contribution in [0.2, 0.25) is 0 Å². The molecule has 0 saturated heterocycles. The molecule has 0 bridgehead atoms. The van der Waals surface area contributed by atoms with Crippen molar-refractivity contribution in [2.24, 2.45) is 5.41 Å². The van der Waals surface area contributed by atoms with Crippen molar-refractivity contribution < 1.29 is 4.79 Å². The minimum absolute atomic E-state index is 0.00224. The maximum Gasteiger partial charge on any atom is 0.231 e. The third kappa shape index (κ3) is 2.25. The van der Waals surface area contributed by atoms with Crippen molar-refractivity contribution in [2.75, 3.05) is 11.2 Å². The van der Waals surface area contributed by atoms with Crippen LogP contribution in [-0.2, 0) is 17.6 Å². The van der Waals surface area contributed by atoms with Crippen molar-refractivity contribution in [3.8, 4) is 0 Å². The average molecular weight is 258 g/mol. The van der Waals surface area contributed by atoms with E-state index in [2.05, 4.69) is 11.4 Å². The van der Waals surface area contributed by atoms with E-state index < -0.39 is 5.41 Å². The SMILES string of the molecule is CC(C)(CCl)C(=O)Nc1cc2c(s1)CCC2. The highest BCUT2D eigenvalue weighted by Gasteiger charge is 2.27. The van der Waals surface area contributed by atoms with Gasteiger partial charge in [-0.2, -0.15) is 0 Å². The first-order chi connectivity index (χ1) is 7.53. The van der Waals surface area contributed by atoms with Gasteiger partial charge in [-0.15, -0.1) is 22.9 Å². The Morgan fingerprint density at radius 1 is 1.56 bits per heavy atom. The summed E-state index contributed by atoms with van der Waals surface area (Å²) in [6.45, 7) is 3.72. The molecule has 4 heteroatoms. The second kappa shape index (κ2) is 4.38. The van der Waals surface area contributed by atoms with Crippen LogP contribution in [0.15, 0.2) is 6.07 Å². The van der Waals surface area contributed by atoms with Gasteiger partial charge in [0.15, 0.2) is 0 Å². The van der Waals surface area contributed by atoms with Crippen molar-refractivity contribution in [2.45, 2.75) is 33.1 Å². The Morgan fingerprint density at radius 3 is 2.94 bits per heavy atom. The van der Waals surface area contributed by atoms with Crippen molar-refractivity contribution >= 4 is 33.8 Å². The standard InChI is InChI=1S/C12H16ClNOS/c1-12(2,7-13)11(15)14-10-6-8-4-3-5-9(8)16-10/h6H,3-5,7H2,1-2H3,(H,14,15). The molecule has 0 aliphatic heterocycles. The summed E-state index contributed by atoms with van der Waals surface area (Å²) in [5.41, 5.74) is 0.902. The number of carbonyl (C=O) groups excluding carboxylic acids is 1. The van der Waals surface area contributed by atoms with Crippen LogP contribution in [0.5, 0.6) is 0 Å². The first kappa shape index (κ1) is 11.9. The molecule has 2 nitrogen and oxygen atoms in total. The first-order valence-electron chi connectivity index (χ1n) is 5.52. The maximum atomic E-state index is 11.9. The van der Waals surface area contributed by atoms with E-state index in [1.54, 1.807) is 11.3 Å². The molecule has 0 spiro atoms. The van der Waals surface area contributed by atoms with E-state index in [1.165, 1.54) is 16.9 Å². The van der Waals surface area contributed by atoms with E-state index in [-0.39, 0.29) is 5.91 Å². The largest absolute Gasteiger partial charge is 0.317 e. The smallest absolute Gasteiger partial charge is 0.231 e. The van der Waals surface area contributed by atoms with Crippen molar-refractivity contribution in [3.63, 3.8) is 0 Å². The fourth-order valence-corrected chi connectivity index (χ4v) is 3.00. The number of hydrogen-bond acceptors (Lipinski definition) is 2. The number of hydrogen-bond donors (Lipinski definition) is 1. The van der Waals surface area contributed by atoms with Crippen molar-refractivity contribution in [1.82, 2.24) is 0 Å². The van der Waals surface area contributed by atoms with E-state index in [0.717, 1.165) is 17.8 Å². The summed E-state index contributed by atoms with van der Waals surface area (Å²) in [6, 6.07) is 2.11. The van der Waals surface area contributed by atoms with Gasteiger partial charge < -0.3 is 5.32 Å². The Morgan fingerprint density at radius 2 is 2.31 bits per heavy atom. The van der Waals surface area contributed by atoms with Gasteiger partial charge in [-0.1, -0.05) is 0 Å². The lowest BCUT2D eigenvalue weighted by atomic mass is 9.95. The summed E-state index contributed by atoms with van der Waals surface area (Å²) in [6.07, 6.45) is 3.57. The Kier molecular flexibility index (Phi) is 3.27. The highest BCUT2D eigenvalue weighted by Crippen LogP contribution is 2.34. The molecule has 1 aromatic heterocycles. The summed E-state index contributed by atoms with van der Waals surface area (Å²) < 4.78 is 0. The van der Waals surface area contributed by atoms with Gasteiger partial charge in [0.25, 0.3) is 0 Å². The number of aryl methyl sites for hydroxylation is 2. The molecule has 2 rings (SSSR count). The molecule has 1 N–H and O–H groups in total. The summed E-state index contributed by atoms with van der Waals surface area (Å²) in [5, 5.41) is 3.92. The molecule has 1 aliphatic rings. The molecule has 0 radical (unpaired) electrons. The number of nitrogens with one attached hydrogen (secondary N) is 1. The van der Waals surface area contributed by atoms with E-state index in [1.807, 2.05) is 13.8 Å². The third-order valence-corrected chi connectivity index (χ3v) is 4.75. The number of fused-ring (bicyclic) bond motifs is 1. The third-order valence-electron chi connectivity index (χ3n) is 2.93. The number of alkyl halides is 1. The molecule has 88 valence electrons. The number of halogens is 1. The molecular weight excluding hydrogens is 242 g/mol. The topological polar surface area (TPSA) is 29.1 Å². The molecular formula is C12H16ClNOS. The first-order valence-corrected chi connectivity index (χ1v) is 6.87. The second-order valence-corrected chi connectivity index (χ2v) is 6.29. The number of anilines is 1. The Bertz CT molecular complexity index is 390. The van der Waals surface area contributed by atoms with Gasteiger partial charge in [0, 0.05) is 10.8 Å². The molecule has 1 aromatic rings. The van der Waals surface area contributed by atoms with Crippen LogP contribution in [-0.4, -0.2) is 11.8 Å². The summed E-state index contributed by atoms with van der Waals surface area (Å²) >= 11 is 7.47. The van der Waals surface area contributed by atoms with Crippen LogP contribution in [0.4, 0.5) is 5.00 Å². The van der Waals surface area contributed by atoms with Crippen LogP contribution in [0.3, 0.4) is 0 Å². The highest BCUT2D eigenvalue weighted by molar-refractivity contribution is 7.16. The fourth-order valence-electron chi connectivity index (χ4n) is 1.73. The quantitative estimate of drug-likeness (QED) is 0.826. The fraction of sp³-hybridized carbons (Fsp3) is 0.583. The monoisotopic (exact) mass is 257 g/mol. The van der Waals surface area contributed by atoms with E-state index in [0.29, 0.717) is 5.88 Å². The second-order valence-electron chi connectivity index (χ2n) is 4.88. The zero-order chi connectivity index (χ0) is 11.8. The van der Waals surface area contributed by atoms with Crippen LogP contribution in [0.1, 0.15) is 30.7 Å². The molecule has 0 unspecified atom stereocenters. The van der Waals surface area contributed by atoms with Crippen LogP contribution < -0.4 is 5.32 Å². The summed E-state index contributed by atoms with van der Waals surface area (Å²) in [5.74, 6) is 0.339. The molecule has 1 amide bonds. The lowest BCUT2D eigenvalue weighted by Crippen LogP contribution is -2.31. The van der Waals surface area contributed by atoms with Crippen LogP contribution >= 0.6 is 22.9 Å². The predicted octanol–water partition coefficient (Wildman–Crippen LogP) is 3.44. The minimum Gasteiger partial charge on any atom is -0.317 e. The van der Waals surface area contributed by atoms with Crippen molar-refractivity contribution in [1.29, 1.82) is 0 Å². The minimum atomic E-state index is -0.504. The zero-order valence-electron chi connectivity index (χ0n) is 9.60. The summed E-state index contributed by atoms with van der Waals surface area (Å²) in [7, 11) is 0. The van der Waals surface area contributed by atoms with Crippen LogP contribution in [0, 0.1) is 5.41 Å². The van der Waals surface area contributed by atoms with Crippen LogP contribution in [0.25, 0.3) is 0 Å². The van der Waals surface area contributed by atoms with E-state index >= 15 is 0 Å². The van der Waals surface area contributed by atoms with Gasteiger partial charge in [0.1, 0.15) is 0 Å². The van der Waals surface area contributed by atoms with Gasteiger partial charge in [0.2, 0.25) is 5.91 Å². The number of carbonyl (C=O) groups is 1. The summed E-state index contributed by atoms with van der Waals surface area (Å²) in [4.78, 5) is 13.3. The lowest BCUT2D eigenvalue weighted by molar-refractivity contribution is -0.122. The van der Waals surface area contributed by atoms with Gasteiger partial charge in [-0.05, 0) is 44.7 Å². The maximum absolute atomic E-state index is 11.9. The van der Waals surface area contributed by atoms with E-state index in [4.69, 9.17) is 11.6 Å². The molecule has 1 heterocycles. The number of thiophene rings is 1. The van der Waals surface area contributed by atoms with Crippen molar-refractivity contribution in [3.05, 3.63) is 16.5 Å². The average Bonchev–Trinajstić information content (AvgIpc) is 2.77. The van der Waals surface area contributed by atoms with Gasteiger partial charge in [-0.3, -0.25) is 4.79 Å². The molecule has 1 aliphatic carbocycles. The Hall–Kier alpha value is -0.540. The molecule has 0 atom stereocenters. The molecule has 0 saturated carbocycles. The Labute approximate surface area is 105 Å². The van der Waals surface area contributed by atoms with Gasteiger partial charge in [0.05, 0.1) is 10.4 Å². The number of rotatable bonds is 3. The molecule has 0 aromatic carbocycles. The molecule has 16 heavy (non-hydrogen) atoms. The number of amides is 1. The van der Waals surface area contributed by atoms with E-state index in [9.17, 15) is 4.79 Å². The Balaban J connectivity index is 2.07. The van der Waals surface area contributed by atoms with Gasteiger partial charge in [-0.25, -0.2) is 0 Å². The normalized spacial score (nSPS) is 14.9. The van der Waals surface area contributed by atoms with Gasteiger partial charge >= 0.3 is 0 Å². The lowest BCUT2D eigenvalue weighted by Gasteiger charge is -2.19. The predicted molar refractivity (Wildman–Crippen MR) is 69.5 cm³/mol. The zero-order valence-corrected chi connectivity index (χ0v) is 11.2.